The number of fused-ring (bicyclic) bond motifs is 14. The SMILES string of the molecule is N#Cc1c(-n2c3ccccc3c3ccc4c(c5ccccc5n4-c4ccccc4)c32)cc(-c2ccccc2)cc1-n1c2ccccc2c2ccc3c(c4ccccc4n3-c3ccccc3)c21. The molecule has 14 aromatic rings. The highest BCUT2D eigenvalue weighted by atomic mass is 15.0. The lowest BCUT2D eigenvalue weighted by Gasteiger charge is -2.19. The average Bonchev–Trinajstić information content (AvgIpc) is 4.11. The Morgan fingerprint density at radius 2 is 0.652 bits per heavy atom. The van der Waals surface area contributed by atoms with Crippen LogP contribution in [0.2, 0.25) is 0 Å². The lowest BCUT2D eigenvalue weighted by atomic mass is 9.99. The number of aromatic nitrogens is 4. The Labute approximate surface area is 379 Å². The van der Waals surface area contributed by atoms with Crippen molar-refractivity contribution in [1.82, 2.24) is 18.3 Å². The van der Waals surface area contributed by atoms with Crippen molar-refractivity contribution in [3.63, 3.8) is 0 Å². The second-order valence-electron chi connectivity index (χ2n) is 17.2. The maximum Gasteiger partial charge on any atom is 0.104 e. The van der Waals surface area contributed by atoms with E-state index in [1.807, 2.05) is 0 Å². The van der Waals surface area contributed by atoms with Crippen LogP contribution in [0.25, 0.3) is 121 Å². The zero-order valence-electron chi connectivity index (χ0n) is 35.6. The number of nitriles is 1. The van der Waals surface area contributed by atoms with Gasteiger partial charge in [0, 0.05) is 54.5 Å². The normalized spacial score (nSPS) is 11.9. The number of rotatable bonds is 5. The van der Waals surface area contributed by atoms with E-state index in [4.69, 9.17) is 0 Å². The van der Waals surface area contributed by atoms with Crippen LogP contribution in [0.15, 0.2) is 224 Å². The number of benzene rings is 10. The van der Waals surface area contributed by atoms with Crippen LogP contribution in [0.4, 0.5) is 0 Å². The third-order valence-electron chi connectivity index (χ3n) is 13.8. The maximum absolute atomic E-state index is 11.9. The highest BCUT2D eigenvalue weighted by Gasteiger charge is 2.27. The molecule has 0 unspecified atom stereocenters. The average molecular weight is 840 g/mol. The molecule has 5 nitrogen and oxygen atoms in total. The first kappa shape index (κ1) is 36.4. The van der Waals surface area contributed by atoms with Crippen molar-refractivity contribution in [2.45, 2.75) is 0 Å². The highest BCUT2D eigenvalue weighted by Crippen LogP contribution is 2.46. The Kier molecular flexibility index (Phi) is 7.69. The second kappa shape index (κ2) is 13.9. The fourth-order valence-corrected chi connectivity index (χ4v) is 11.1. The fraction of sp³-hybridized carbons (Fsp3) is 0. The molecule has 0 radical (unpaired) electrons. The Balaban J connectivity index is 1.19. The van der Waals surface area contributed by atoms with Crippen molar-refractivity contribution in [3.8, 4) is 39.9 Å². The van der Waals surface area contributed by atoms with E-state index in [-0.39, 0.29) is 0 Å². The summed E-state index contributed by atoms with van der Waals surface area (Å²) in [6.45, 7) is 0. The summed E-state index contributed by atoms with van der Waals surface area (Å²) in [7, 11) is 0. The topological polar surface area (TPSA) is 43.5 Å². The minimum Gasteiger partial charge on any atom is -0.309 e. The van der Waals surface area contributed by atoms with Gasteiger partial charge in [0.1, 0.15) is 11.6 Å². The van der Waals surface area contributed by atoms with Gasteiger partial charge in [-0.3, -0.25) is 0 Å². The largest absolute Gasteiger partial charge is 0.309 e. The molecule has 0 atom stereocenters. The van der Waals surface area contributed by atoms with Crippen LogP contribution in [0.1, 0.15) is 5.56 Å². The number of hydrogen-bond acceptors (Lipinski definition) is 1. The van der Waals surface area contributed by atoms with Crippen molar-refractivity contribution in [3.05, 3.63) is 230 Å². The Hall–Kier alpha value is -9.11. The zero-order chi connectivity index (χ0) is 43.5. The molecule has 0 aliphatic carbocycles. The monoisotopic (exact) mass is 839 g/mol. The van der Waals surface area contributed by atoms with Crippen molar-refractivity contribution < 1.29 is 0 Å². The summed E-state index contributed by atoms with van der Waals surface area (Å²) in [6.07, 6.45) is 0. The molecule has 0 saturated heterocycles. The molecule has 4 heterocycles. The van der Waals surface area contributed by atoms with Gasteiger partial charge in [-0.15, -0.1) is 0 Å². The second-order valence-corrected chi connectivity index (χ2v) is 17.2. The van der Waals surface area contributed by atoms with Crippen LogP contribution in [-0.2, 0) is 0 Å². The molecule has 306 valence electrons. The van der Waals surface area contributed by atoms with Gasteiger partial charge in [0.05, 0.1) is 55.5 Å². The van der Waals surface area contributed by atoms with Crippen LogP contribution >= 0.6 is 0 Å². The van der Waals surface area contributed by atoms with E-state index in [9.17, 15) is 5.26 Å². The van der Waals surface area contributed by atoms with Crippen LogP contribution in [0.5, 0.6) is 0 Å². The standard InChI is InChI=1S/C61H37N5/c62-38-49-56(65-50-28-14-10-24-43(50)45-32-34-54-58(60(45)65)47-26-12-16-30-52(47)63(54)41-20-6-2-7-21-41)36-40(39-18-4-1-5-19-39)37-57(49)66-51-29-15-11-25-44(51)46-33-35-55-59(61(46)66)48-27-13-17-31-53(48)64(55)42-22-8-3-9-23-42/h1-37H. The van der Waals surface area contributed by atoms with Gasteiger partial charge in [-0.2, -0.15) is 5.26 Å². The first-order chi connectivity index (χ1) is 32.8. The zero-order valence-corrected chi connectivity index (χ0v) is 35.6. The Morgan fingerprint density at radius 1 is 0.288 bits per heavy atom. The van der Waals surface area contributed by atoms with Crippen LogP contribution in [0.3, 0.4) is 0 Å². The molecule has 0 aliphatic heterocycles. The molecule has 14 rings (SSSR count). The van der Waals surface area contributed by atoms with Gasteiger partial charge in [-0.05, 0) is 83.9 Å². The van der Waals surface area contributed by atoms with Crippen molar-refractivity contribution >= 4 is 87.2 Å². The Morgan fingerprint density at radius 3 is 1.08 bits per heavy atom. The third kappa shape index (κ3) is 4.98. The maximum atomic E-state index is 11.9. The number of nitrogens with zero attached hydrogens (tertiary/aromatic N) is 5. The first-order valence-electron chi connectivity index (χ1n) is 22.4. The molecule has 0 N–H and O–H groups in total. The molecule has 4 aromatic heterocycles. The number of hydrogen-bond donors (Lipinski definition) is 0. The first-order valence-corrected chi connectivity index (χ1v) is 22.4. The lowest BCUT2D eigenvalue weighted by Crippen LogP contribution is -2.05. The lowest BCUT2D eigenvalue weighted by molar-refractivity contribution is 1.12. The van der Waals surface area contributed by atoms with E-state index >= 15 is 0 Å². The van der Waals surface area contributed by atoms with Crippen LogP contribution in [-0.4, -0.2) is 18.3 Å². The highest BCUT2D eigenvalue weighted by molar-refractivity contribution is 6.28. The molecule has 0 amide bonds. The molecule has 0 fully saturated rings. The minimum absolute atomic E-state index is 0.590. The van der Waals surface area contributed by atoms with Gasteiger partial charge in [0.25, 0.3) is 0 Å². The molecular formula is C61H37N5. The van der Waals surface area contributed by atoms with Crippen LogP contribution in [0, 0.1) is 11.3 Å². The van der Waals surface area contributed by atoms with E-state index in [0.29, 0.717) is 5.56 Å². The summed E-state index contributed by atoms with van der Waals surface area (Å²) < 4.78 is 9.51. The molecule has 0 bridgehead atoms. The van der Waals surface area contributed by atoms with Crippen molar-refractivity contribution in [2.24, 2.45) is 0 Å². The van der Waals surface area contributed by atoms with Gasteiger partial charge in [0.2, 0.25) is 0 Å². The predicted molar refractivity (Wildman–Crippen MR) is 274 cm³/mol. The smallest absolute Gasteiger partial charge is 0.104 e. The molecule has 66 heavy (non-hydrogen) atoms. The summed E-state index contributed by atoms with van der Waals surface area (Å²) in [4.78, 5) is 0. The van der Waals surface area contributed by atoms with Gasteiger partial charge >= 0.3 is 0 Å². The Bertz CT molecular complexity index is 4080. The molecular weight excluding hydrogens is 803 g/mol. The van der Waals surface area contributed by atoms with E-state index in [2.05, 4.69) is 249 Å². The quantitative estimate of drug-likeness (QED) is 0.170. The molecule has 5 heteroatoms. The fourth-order valence-electron chi connectivity index (χ4n) is 11.1. The van der Waals surface area contributed by atoms with Gasteiger partial charge < -0.3 is 18.3 Å². The summed E-state index contributed by atoms with van der Waals surface area (Å²) in [6, 6.07) is 83.0. The molecule has 0 aliphatic rings. The van der Waals surface area contributed by atoms with Crippen LogP contribution < -0.4 is 0 Å². The van der Waals surface area contributed by atoms with Gasteiger partial charge in [0.15, 0.2) is 0 Å². The molecule has 0 saturated carbocycles. The molecule has 10 aromatic carbocycles. The number of para-hydroxylation sites is 6. The van der Waals surface area contributed by atoms with Crippen molar-refractivity contribution in [2.75, 3.05) is 0 Å². The van der Waals surface area contributed by atoms with Gasteiger partial charge in [-0.25, -0.2) is 0 Å². The summed E-state index contributed by atoms with van der Waals surface area (Å²) in [5, 5.41) is 21.1. The third-order valence-corrected chi connectivity index (χ3v) is 13.8. The van der Waals surface area contributed by atoms with E-state index in [1.54, 1.807) is 0 Å². The van der Waals surface area contributed by atoms with E-state index in [1.165, 1.54) is 0 Å². The van der Waals surface area contributed by atoms with Gasteiger partial charge in [-0.1, -0.05) is 152 Å². The minimum atomic E-state index is 0.590. The summed E-state index contributed by atoms with van der Waals surface area (Å²) in [5.41, 5.74) is 15.2. The summed E-state index contributed by atoms with van der Waals surface area (Å²) >= 11 is 0. The van der Waals surface area contributed by atoms with E-state index < -0.39 is 0 Å². The predicted octanol–water partition coefficient (Wildman–Crippen LogP) is 15.6. The molecule has 0 spiro atoms. The summed E-state index contributed by atoms with van der Waals surface area (Å²) in [5.74, 6) is 0. The van der Waals surface area contributed by atoms with E-state index in [0.717, 1.165) is 121 Å². The van der Waals surface area contributed by atoms with Crippen molar-refractivity contribution in [1.29, 1.82) is 5.26 Å².